The van der Waals surface area contributed by atoms with E-state index in [9.17, 15) is 8.42 Å². The molecule has 0 aliphatic heterocycles. The van der Waals surface area contributed by atoms with Crippen molar-refractivity contribution in [3.8, 4) is 0 Å². The zero-order valence-electron chi connectivity index (χ0n) is 6.62. The molecule has 0 radical (unpaired) electrons. The van der Waals surface area contributed by atoms with Crippen molar-refractivity contribution in [1.29, 1.82) is 0 Å². The van der Waals surface area contributed by atoms with Crippen LogP contribution in [-0.2, 0) is 27.2 Å². The first-order valence-electron chi connectivity index (χ1n) is 3.24. The first-order chi connectivity index (χ1) is 5.54. The van der Waals surface area contributed by atoms with E-state index in [0.29, 0.717) is 0 Å². The summed E-state index contributed by atoms with van der Waals surface area (Å²) < 4.78 is 29.7. The summed E-state index contributed by atoms with van der Waals surface area (Å²) in [7, 11) is -4.06. The molecule has 1 aromatic carbocycles. The number of benzene rings is 1. The monoisotopic (exact) mass is 240 g/mol. The maximum absolute atomic E-state index is 10.6. The van der Waals surface area contributed by atoms with Gasteiger partial charge in [-0.1, -0.05) is 24.8 Å². The Balaban J connectivity index is 0.00000144. The molecular weight excluding hydrogens is 232 g/mol. The molecule has 1 aromatic rings. The van der Waals surface area contributed by atoms with Crippen LogP contribution in [0.5, 0.6) is 0 Å². The fraction of sp³-hybridized carbons (Fsp3) is 0. The van der Waals surface area contributed by atoms with E-state index in [4.69, 9.17) is 4.55 Å². The van der Waals surface area contributed by atoms with Crippen LogP contribution in [0.2, 0.25) is 0 Å². The molecule has 0 unspecified atom stereocenters. The van der Waals surface area contributed by atoms with E-state index in [0.717, 1.165) is 5.56 Å². The van der Waals surface area contributed by atoms with Gasteiger partial charge in [0, 0.05) is 0 Å². The van der Waals surface area contributed by atoms with E-state index in [1.54, 1.807) is 18.2 Å². The van der Waals surface area contributed by atoms with Gasteiger partial charge in [-0.05, 0) is 17.7 Å². The van der Waals surface area contributed by atoms with Crippen LogP contribution < -0.4 is 0 Å². The van der Waals surface area contributed by atoms with Crippen molar-refractivity contribution < 1.29 is 30.0 Å². The largest absolute Gasteiger partial charge is 2.00 e. The van der Waals surface area contributed by atoms with Crippen LogP contribution in [0.1, 0.15) is 5.56 Å². The van der Waals surface area contributed by atoms with E-state index in [1.807, 2.05) is 0 Å². The Kier molecular flexibility index (Phi) is 4.36. The molecular formula is C8H8FeO3S+2. The Bertz CT molecular complexity index is 380. The minimum Gasteiger partial charge on any atom is -0.282 e. The van der Waals surface area contributed by atoms with Crippen LogP contribution in [0, 0.1) is 0 Å². The van der Waals surface area contributed by atoms with Gasteiger partial charge in [-0.15, -0.1) is 0 Å². The standard InChI is InChI=1S/C8H8O3S.Fe/c1-2-7-3-5-8(6-4-7)12(9,10)11;/h2-6H,1H2,(H,9,10,11);/q;+2. The quantitative estimate of drug-likeness (QED) is 0.630. The van der Waals surface area contributed by atoms with Gasteiger partial charge in [-0.3, -0.25) is 4.55 Å². The third kappa shape index (κ3) is 3.32. The van der Waals surface area contributed by atoms with Gasteiger partial charge in [-0.25, -0.2) is 0 Å². The maximum atomic E-state index is 10.6. The molecule has 0 aliphatic carbocycles. The molecule has 70 valence electrons. The molecule has 0 amide bonds. The summed E-state index contributed by atoms with van der Waals surface area (Å²) in [6.07, 6.45) is 1.59. The van der Waals surface area contributed by atoms with E-state index in [-0.39, 0.29) is 22.0 Å². The van der Waals surface area contributed by atoms with E-state index < -0.39 is 10.1 Å². The molecule has 0 aromatic heterocycles. The molecule has 0 saturated carbocycles. The van der Waals surface area contributed by atoms with Crippen LogP contribution in [-0.4, -0.2) is 13.0 Å². The second-order valence-corrected chi connectivity index (χ2v) is 3.67. The summed E-state index contributed by atoms with van der Waals surface area (Å²) in [6, 6.07) is 5.78. The van der Waals surface area contributed by atoms with Crippen LogP contribution in [0.3, 0.4) is 0 Å². The molecule has 0 spiro atoms. The summed E-state index contributed by atoms with van der Waals surface area (Å²) in [5.74, 6) is 0. The van der Waals surface area contributed by atoms with Crippen LogP contribution in [0.25, 0.3) is 6.08 Å². The van der Waals surface area contributed by atoms with Gasteiger partial charge in [0.2, 0.25) is 0 Å². The van der Waals surface area contributed by atoms with E-state index in [1.165, 1.54) is 12.1 Å². The van der Waals surface area contributed by atoms with Gasteiger partial charge < -0.3 is 0 Å². The summed E-state index contributed by atoms with van der Waals surface area (Å²) in [6.45, 7) is 3.51. The van der Waals surface area contributed by atoms with Crippen molar-refractivity contribution in [3.05, 3.63) is 36.4 Å². The van der Waals surface area contributed by atoms with Crippen molar-refractivity contribution in [2.24, 2.45) is 0 Å². The van der Waals surface area contributed by atoms with E-state index in [2.05, 4.69) is 6.58 Å². The number of rotatable bonds is 2. The zero-order chi connectivity index (χ0) is 9.19. The Morgan fingerprint density at radius 1 is 1.23 bits per heavy atom. The van der Waals surface area contributed by atoms with E-state index >= 15 is 0 Å². The fourth-order valence-corrected chi connectivity index (χ4v) is 1.26. The minimum absolute atomic E-state index is 0. The van der Waals surface area contributed by atoms with Gasteiger partial charge in [-0.2, -0.15) is 8.42 Å². The minimum atomic E-state index is -4.06. The van der Waals surface area contributed by atoms with Gasteiger partial charge in [0.1, 0.15) is 0 Å². The summed E-state index contributed by atoms with van der Waals surface area (Å²) in [4.78, 5) is -0.104. The SMILES string of the molecule is C=Cc1ccc(S(=O)(=O)O)cc1.[Fe+2]. The Labute approximate surface area is 87.7 Å². The molecule has 5 heteroatoms. The average Bonchev–Trinajstić information content (AvgIpc) is 2.03. The van der Waals surface area contributed by atoms with Crippen LogP contribution in [0.4, 0.5) is 0 Å². The molecule has 0 bridgehead atoms. The smallest absolute Gasteiger partial charge is 0.282 e. The van der Waals surface area contributed by atoms with Gasteiger partial charge >= 0.3 is 17.1 Å². The molecule has 0 aliphatic rings. The van der Waals surface area contributed by atoms with Gasteiger partial charge in [0.25, 0.3) is 10.1 Å². The number of hydrogen-bond acceptors (Lipinski definition) is 2. The molecule has 0 saturated heterocycles. The summed E-state index contributed by atoms with van der Waals surface area (Å²) >= 11 is 0. The third-order valence-corrected chi connectivity index (χ3v) is 2.28. The Morgan fingerprint density at radius 2 is 1.69 bits per heavy atom. The molecule has 1 N–H and O–H groups in total. The molecule has 13 heavy (non-hydrogen) atoms. The molecule has 0 heterocycles. The van der Waals surface area contributed by atoms with Gasteiger partial charge in [0.15, 0.2) is 0 Å². The summed E-state index contributed by atoms with van der Waals surface area (Å²) in [5.41, 5.74) is 0.808. The van der Waals surface area contributed by atoms with Crippen LogP contribution >= 0.6 is 0 Å². The predicted molar refractivity (Wildman–Crippen MR) is 46.3 cm³/mol. The zero-order valence-corrected chi connectivity index (χ0v) is 8.54. The van der Waals surface area contributed by atoms with Gasteiger partial charge in [0.05, 0.1) is 4.90 Å². The third-order valence-electron chi connectivity index (χ3n) is 1.41. The first kappa shape index (κ1) is 12.4. The Hall–Kier alpha value is -0.611. The van der Waals surface area contributed by atoms with Crippen LogP contribution in [0.15, 0.2) is 35.7 Å². The first-order valence-corrected chi connectivity index (χ1v) is 4.68. The maximum Gasteiger partial charge on any atom is 2.00 e. The second-order valence-electron chi connectivity index (χ2n) is 2.25. The Morgan fingerprint density at radius 3 is 2.00 bits per heavy atom. The average molecular weight is 240 g/mol. The van der Waals surface area contributed by atoms with Crippen molar-refractivity contribution in [2.45, 2.75) is 4.90 Å². The van der Waals surface area contributed by atoms with Crippen molar-refractivity contribution >= 4 is 16.2 Å². The normalized spacial score (nSPS) is 10.2. The molecule has 0 atom stereocenters. The molecule has 1 rings (SSSR count). The topological polar surface area (TPSA) is 54.4 Å². The fourth-order valence-electron chi connectivity index (χ4n) is 0.776. The number of hydrogen-bond donors (Lipinski definition) is 1. The van der Waals surface area contributed by atoms with Crippen molar-refractivity contribution in [2.75, 3.05) is 0 Å². The summed E-state index contributed by atoms with van der Waals surface area (Å²) in [5, 5.41) is 0. The molecule has 3 nitrogen and oxygen atoms in total. The van der Waals surface area contributed by atoms with Crippen molar-refractivity contribution in [3.63, 3.8) is 0 Å². The second kappa shape index (κ2) is 4.58. The predicted octanol–water partition coefficient (Wildman–Crippen LogP) is 1.57. The molecule has 0 fully saturated rings. The van der Waals surface area contributed by atoms with Crippen molar-refractivity contribution in [1.82, 2.24) is 0 Å².